The van der Waals surface area contributed by atoms with Crippen molar-refractivity contribution in [1.29, 1.82) is 0 Å². The Bertz CT molecular complexity index is 824. The number of nitrogens with one attached hydrogen (secondary N) is 1. The van der Waals surface area contributed by atoms with Crippen LogP contribution >= 0.6 is 0 Å². The van der Waals surface area contributed by atoms with Crippen molar-refractivity contribution in [3.05, 3.63) is 77.7 Å². The second kappa shape index (κ2) is 7.21. The third-order valence-corrected chi connectivity index (χ3v) is 4.60. The van der Waals surface area contributed by atoms with Crippen LogP contribution < -0.4 is 5.32 Å². The average Bonchev–Trinajstić information content (AvgIpc) is 3.06. The molecule has 4 rings (SSSR count). The second-order valence-corrected chi connectivity index (χ2v) is 6.61. The SMILES string of the molecule is Cc1ccc(-c2cn3c(n2)CO[C@@H](CNCc2ccccc2)C3)cc1. The van der Waals surface area contributed by atoms with Gasteiger partial charge in [0, 0.05) is 24.8 Å². The van der Waals surface area contributed by atoms with E-state index in [9.17, 15) is 0 Å². The first-order valence-corrected chi connectivity index (χ1v) is 8.77. The molecule has 1 aliphatic heterocycles. The molecule has 25 heavy (non-hydrogen) atoms. The van der Waals surface area contributed by atoms with Crippen molar-refractivity contribution < 1.29 is 4.74 Å². The third kappa shape index (κ3) is 3.81. The van der Waals surface area contributed by atoms with E-state index in [1.165, 1.54) is 11.1 Å². The summed E-state index contributed by atoms with van der Waals surface area (Å²) in [4.78, 5) is 4.73. The molecule has 0 aliphatic carbocycles. The summed E-state index contributed by atoms with van der Waals surface area (Å²) in [6, 6.07) is 19.0. The molecule has 1 aliphatic rings. The Morgan fingerprint density at radius 1 is 1.12 bits per heavy atom. The Hall–Kier alpha value is -2.43. The quantitative estimate of drug-likeness (QED) is 0.776. The molecule has 0 radical (unpaired) electrons. The minimum absolute atomic E-state index is 0.177. The Kier molecular flexibility index (Phi) is 4.63. The van der Waals surface area contributed by atoms with Gasteiger partial charge < -0.3 is 14.6 Å². The average molecular weight is 333 g/mol. The number of ether oxygens (including phenoxy) is 1. The molecule has 0 saturated heterocycles. The molecule has 0 unspecified atom stereocenters. The highest BCUT2D eigenvalue weighted by Gasteiger charge is 2.21. The number of hydrogen-bond acceptors (Lipinski definition) is 3. The van der Waals surface area contributed by atoms with Gasteiger partial charge in [0.05, 0.1) is 18.3 Å². The molecule has 0 spiro atoms. The molecule has 1 atom stereocenters. The highest BCUT2D eigenvalue weighted by Crippen LogP contribution is 2.22. The molecule has 0 bridgehead atoms. The summed E-state index contributed by atoms with van der Waals surface area (Å²) in [7, 11) is 0. The van der Waals surface area contributed by atoms with E-state index in [4.69, 9.17) is 9.72 Å². The van der Waals surface area contributed by atoms with E-state index in [0.29, 0.717) is 6.61 Å². The molecule has 4 nitrogen and oxygen atoms in total. The van der Waals surface area contributed by atoms with E-state index in [0.717, 1.165) is 36.7 Å². The molecule has 0 fully saturated rings. The zero-order valence-corrected chi connectivity index (χ0v) is 14.5. The van der Waals surface area contributed by atoms with Gasteiger partial charge in [-0.3, -0.25) is 0 Å². The highest BCUT2D eigenvalue weighted by atomic mass is 16.5. The van der Waals surface area contributed by atoms with Gasteiger partial charge in [-0.05, 0) is 12.5 Å². The molecule has 2 aromatic carbocycles. The number of fused-ring (bicyclic) bond motifs is 1. The number of aryl methyl sites for hydroxylation is 1. The van der Waals surface area contributed by atoms with Crippen molar-refractivity contribution in [2.45, 2.75) is 32.7 Å². The first-order chi connectivity index (χ1) is 12.3. The third-order valence-electron chi connectivity index (χ3n) is 4.60. The lowest BCUT2D eigenvalue weighted by Gasteiger charge is -2.24. The topological polar surface area (TPSA) is 39.1 Å². The van der Waals surface area contributed by atoms with Crippen molar-refractivity contribution in [2.75, 3.05) is 6.54 Å². The normalized spacial score (nSPS) is 16.6. The second-order valence-electron chi connectivity index (χ2n) is 6.61. The van der Waals surface area contributed by atoms with Crippen molar-refractivity contribution in [3.63, 3.8) is 0 Å². The maximum absolute atomic E-state index is 5.96. The number of imidazole rings is 1. The lowest BCUT2D eigenvalue weighted by Crippen LogP contribution is -2.35. The minimum atomic E-state index is 0.177. The van der Waals surface area contributed by atoms with E-state index < -0.39 is 0 Å². The fourth-order valence-electron chi connectivity index (χ4n) is 3.15. The fraction of sp³-hybridized carbons (Fsp3) is 0.286. The van der Waals surface area contributed by atoms with Gasteiger partial charge in [0.15, 0.2) is 0 Å². The van der Waals surface area contributed by atoms with Gasteiger partial charge in [-0.2, -0.15) is 0 Å². The molecule has 3 aromatic rings. The van der Waals surface area contributed by atoms with Crippen LogP contribution in [0.25, 0.3) is 11.3 Å². The maximum Gasteiger partial charge on any atom is 0.135 e. The zero-order chi connectivity index (χ0) is 17.1. The largest absolute Gasteiger partial charge is 0.367 e. The Labute approximate surface area is 148 Å². The van der Waals surface area contributed by atoms with Crippen LogP contribution in [0.15, 0.2) is 60.8 Å². The molecule has 128 valence electrons. The minimum Gasteiger partial charge on any atom is -0.367 e. The number of rotatable bonds is 5. The van der Waals surface area contributed by atoms with Crippen molar-refractivity contribution in [1.82, 2.24) is 14.9 Å². The van der Waals surface area contributed by atoms with Crippen LogP contribution in [0.3, 0.4) is 0 Å². The monoisotopic (exact) mass is 333 g/mol. The summed E-state index contributed by atoms with van der Waals surface area (Å²) in [6.45, 7) is 5.22. The summed E-state index contributed by atoms with van der Waals surface area (Å²) in [5.41, 5.74) is 4.74. The Morgan fingerprint density at radius 2 is 1.92 bits per heavy atom. The van der Waals surface area contributed by atoms with Crippen LogP contribution in [0.4, 0.5) is 0 Å². The summed E-state index contributed by atoms with van der Waals surface area (Å²) in [5.74, 6) is 1.01. The van der Waals surface area contributed by atoms with Crippen LogP contribution in [-0.2, 0) is 24.4 Å². The van der Waals surface area contributed by atoms with Gasteiger partial charge in [0.2, 0.25) is 0 Å². The molecular formula is C21H23N3O. The highest BCUT2D eigenvalue weighted by molar-refractivity contribution is 5.59. The van der Waals surface area contributed by atoms with Crippen molar-refractivity contribution >= 4 is 0 Å². The zero-order valence-electron chi connectivity index (χ0n) is 14.5. The Balaban J connectivity index is 1.37. The van der Waals surface area contributed by atoms with E-state index in [1.54, 1.807) is 0 Å². The predicted octanol–water partition coefficient (Wildman–Crippen LogP) is 3.55. The van der Waals surface area contributed by atoms with Gasteiger partial charge >= 0.3 is 0 Å². The van der Waals surface area contributed by atoms with Crippen LogP contribution in [0.2, 0.25) is 0 Å². The van der Waals surface area contributed by atoms with Crippen LogP contribution in [0.5, 0.6) is 0 Å². The lowest BCUT2D eigenvalue weighted by atomic mass is 10.1. The van der Waals surface area contributed by atoms with Gasteiger partial charge in [-0.15, -0.1) is 0 Å². The van der Waals surface area contributed by atoms with E-state index in [1.807, 2.05) is 6.07 Å². The summed E-state index contributed by atoms with van der Waals surface area (Å²) < 4.78 is 8.19. The first-order valence-electron chi connectivity index (χ1n) is 8.77. The van der Waals surface area contributed by atoms with E-state index in [2.05, 4.69) is 71.5 Å². The van der Waals surface area contributed by atoms with Gasteiger partial charge in [0.25, 0.3) is 0 Å². The van der Waals surface area contributed by atoms with Crippen molar-refractivity contribution in [2.24, 2.45) is 0 Å². The predicted molar refractivity (Wildman–Crippen MR) is 99.1 cm³/mol. The smallest absolute Gasteiger partial charge is 0.135 e. The summed E-state index contributed by atoms with van der Waals surface area (Å²) in [5, 5.41) is 3.49. The van der Waals surface area contributed by atoms with E-state index in [-0.39, 0.29) is 6.10 Å². The molecule has 2 heterocycles. The number of aromatic nitrogens is 2. The molecule has 1 N–H and O–H groups in total. The summed E-state index contributed by atoms with van der Waals surface area (Å²) in [6.07, 6.45) is 2.32. The molecule has 0 amide bonds. The van der Waals surface area contributed by atoms with Crippen LogP contribution in [0.1, 0.15) is 17.0 Å². The molecular weight excluding hydrogens is 310 g/mol. The Morgan fingerprint density at radius 3 is 2.72 bits per heavy atom. The van der Waals surface area contributed by atoms with Crippen LogP contribution in [-0.4, -0.2) is 22.2 Å². The lowest BCUT2D eigenvalue weighted by molar-refractivity contribution is 0.00278. The fourth-order valence-corrected chi connectivity index (χ4v) is 3.15. The van der Waals surface area contributed by atoms with E-state index >= 15 is 0 Å². The number of benzene rings is 2. The van der Waals surface area contributed by atoms with Gasteiger partial charge in [0.1, 0.15) is 12.4 Å². The number of hydrogen-bond donors (Lipinski definition) is 1. The molecule has 0 saturated carbocycles. The molecule has 1 aromatic heterocycles. The van der Waals surface area contributed by atoms with Gasteiger partial charge in [-0.1, -0.05) is 60.2 Å². The maximum atomic E-state index is 5.96. The first kappa shape index (κ1) is 16.1. The van der Waals surface area contributed by atoms with Gasteiger partial charge in [-0.25, -0.2) is 4.98 Å². The number of nitrogens with zero attached hydrogens (tertiary/aromatic N) is 2. The summed E-state index contributed by atoms with van der Waals surface area (Å²) >= 11 is 0. The standard InChI is InChI=1S/C21H23N3O/c1-16-7-9-18(10-8-16)20-14-24-13-19(25-15-21(24)23-20)12-22-11-17-5-3-2-4-6-17/h2-10,14,19,22H,11-13,15H2,1H3/t19-/m0/s1. The van der Waals surface area contributed by atoms with Crippen molar-refractivity contribution in [3.8, 4) is 11.3 Å². The van der Waals surface area contributed by atoms with Crippen LogP contribution in [0, 0.1) is 6.92 Å². The molecule has 4 heteroatoms.